The van der Waals surface area contributed by atoms with Crippen molar-refractivity contribution in [2.75, 3.05) is 36.5 Å². The van der Waals surface area contributed by atoms with Gasteiger partial charge in [0.15, 0.2) is 5.82 Å². The molecule has 0 radical (unpaired) electrons. The van der Waals surface area contributed by atoms with Gasteiger partial charge in [0.1, 0.15) is 6.07 Å². The van der Waals surface area contributed by atoms with Crippen LogP contribution in [0.5, 0.6) is 0 Å². The molecule has 0 atom stereocenters. The lowest BCUT2D eigenvalue weighted by atomic mass is 10.0. The summed E-state index contributed by atoms with van der Waals surface area (Å²) in [6, 6.07) is 10.5. The Bertz CT molecular complexity index is 700. The molecule has 0 spiro atoms. The molecule has 7 heteroatoms. The maximum atomic E-state index is 9.28. The predicted molar refractivity (Wildman–Crippen MR) is 86.2 cm³/mol. The summed E-state index contributed by atoms with van der Waals surface area (Å²) < 4.78 is 0. The van der Waals surface area contributed by atoms with Crippen molar-refractivity contribution >= 4 is 11.8 Å². The number of anilines is 2. The van der Waals surface area contributed by atoms with Crippen LogP contribution < -0.4 is 10.2 Å². The number of aromatic nitrogens is 3. The third-order valence-electron chi connectivity index (χ3n) is 3.89. The summed E-state index contributed by atoms with van der Waals surface area (Å²) in [5.74, 6) is 0.880. The van der Waals surface area contributed by atoms with E-state index in [9.17, 15) is 5.26 Å². The van der Waals surface area contributed by atoms with Crippen molar-refractivity contribution in [3.05, 3.63) is 41.1 Å². The number of aliphatic hydroxyl groups is 1. The largest absolute Gasteiger partial charge is 0.395 e. The van der Waals surface area contributed by atoms with E-state index >= 15 is 0 Å². The number of nitriles is 1. The summed E-state index contributed by atoms with van der Waals surface area (Å²) in [5.41, 5.74) is 2.91. The highest BCUT2D eigenvalue weighted by Crippen LogP contribution is 2.22. The van der Waals surface area contributed by atoms with Crippen LogP contribution in [0.1, 0.15) is 16.8 Å². The summed E-state index contributed by atoms with van der Waals surface area (Å²) in [7, 11) is 0. The van der Waals surface area contributed by atoms with Crippen LogP contribution in [-0.2, 0) is 12.8 Å². The fourth-order valence-electron chi connectivity index (χ4n) is 2.73. The maximum absolute atomic E-state index is 9.28. The van der Waals surface area contributed by atoms with Crippen LogP contribution in [0.25, 0.3) is 0 Å². The molecule has 0 saturated heterocycles. The Morgan fingerprint density at radius 3 is 2.48 bits per heavy atom. The zero-order valence-corrected chi connectivity index (χ0v) is 12.7. The van der Waals surface area contributed by atoms with Gasteiger partial charge >= 0.3 is 0 Å². The van der Waals surface area contributed by atoms with Crippen molar-refractivity contribution in [2.24, 2.45) is 0 Å². The van der Waals surface area contributed by atoms with Crippen LogP contribution in [0.4, 0.5) is 11.8 Å². The molecule has 23 heavy (non-hydrogen) atoms. The van der Waals surface area contributed by atoms with Gasteiger partial charge < -0.3 is 15.3 Å². The van der Waals surface area contributed by atoms with Crippen LogP contribution in [0.2, 0.25) is 0 Å². The molecule has 7 nitrogen and oxygen atoms in total. The van der Waals surface area contributed by atoms with E-state index in [1.165, 1.54) is 11.1 Å². The lowest BCUT2D eigenvalue weighted by Gasteiger charge is -2.22. The molecule has 2 heterocycles. The number of nitrogens with zero attached hydrogens (tertiary/aromatic N) is 5. The number of nitrogens with one attached hydrogen (secondary N) is 1. The molecule has 0 bridgehead atoms. The van der Waals surface area contributed by atoms with E-state index in [0.717, 1.165) is 25.9 Å². The number of fused-ring (bicyclic) bond motifs is 1. The Morgan fingerprint density at radius 2 is 1.87 bits per heavy atom. The number of aliphatic hydroxyl groups excluding tert-OH is 1. The third-order valence-corrected chi connectivity index (χ3v) is 3.89. The molecule has 0 unspecified atom stereocenters. The number of rotatable bonds is 4. The van der Waals surface area contributed by atoms with Crippen molar-refractivity contribution < 1.29 is 5.11 Å². The summed E-state index contributed by atoms with van der Waals surface area (Å²) in [6.45, 7) is 1.89. The molecule has 3 rings (SSSR count). The quantitative estimate of drug-likeness (QED) is 0.860. The highest BCUT2D eigenvalue weighted by atomic mass is 16.3. The van der Waals surface area contributed by atoms with Gasteiger partial charge in [-0.2, -0.15) is 10.2 Å². The highest BCUT2D eigenvalue weighted by molar-refractivity contribution is 5.52. The van der Waals surface area contributed by atoms with Gasteiger partial charge in [-0.15, -0.1) is 10.2 Å². The predicted octanol–water partition coefficient (Wildman–Crippen LogP) is 0.753. The van der Waals surface area contributed by atoms with E-state index < -0.39 is 0 Å². The zero-order chi connectivity index (χ0) is 16.1. The highest BCUT2D eigenvalue weighted by Gasteiger charge is 2.19. The fourth-order valence-corrected chi connectivity index (χ4v) is 2.73. The Labute approximate surface area is 134 Å². The Kier molecular flexibility index (Phi) is 4.64. The zero-order valence-electron chi connectivity index (χ0n) is 12.7. The first-order chi connectivity index (χ1) is 11.3. The molecule has 2 N–H and O–H groups in total. The summed E-state index contributed by atoms with van der Waals surface area (Å²) in [6.07, 6.45) is 1.81. The first-order valence-electron chi connectivity index (χ1n) is 7.63. The molecular formula is C16H18N6O. The van der Waals surface area contributed by atoms with E-state index in [2.05, 4.69) is 55.7 Å². The number of hydrogen-bond acceptors (Lipinski definition) is 7. The average molecular weight is 310 g/mol. The van der Waals surface area contributed by atoms with Crippen molar-refractivity contribution in [2.45, 2.75) is 12.8 Å². The van der Waals surface area contributed by atoms with Crippen LogP contribution in [-0.4, -0.2) is 46.5 Å². The van der Waals surface area contributed by atoms with E-state index in [1.54, 1.807) is 0 Å². The minimum Gasteiger partial charge on any atom is -0.395 e. The molecule has 1 aliphatic rings. The second-order valence-electron chi connectivity index (χ2n) is 5.33. The van der Waals surface area contributed by atoms with E-state index in [4.69, 9.17) is 5.11 Å². The maximum Gasteiger partial charge on any atom is 0.244 e. The topological polar surface area (TPSA) is 98.0 Å². The van der Waals surface area contributed by atoms with Crippen molar-refractivity contribution in [1.29, 1.82) is 5.26 Å². The summed E-state index contributed by atoms with van der Waals surface area (Å²) in [5, 5.41) is 28.9. The van der Waals surface area contributed by atoms with Gasteiger partial charge in [-0.25, -0.2) is 0 Å². The second-order valence-corrected chi connectivity index (χ2v) is 5.33. The van der Waals surface area contributed by atoms with Gasteiger partial charge in [0, 0.05) is 19.6 Å². The van der Waals surface area contributed by atoms with Gasteiger partial charge in [-0.05, 0) is 24.0 Å². The first kappa shape index (κ1) is 15.2. The molecule has 0 fully saturated rings. The summed E-state index contributed by atoms with van der Waals surface area (Å²) >= 11 is 0. The minimum atomic E-state index is -0.0162. The molecule has 0 saturated carbocycles. The van der Waals surface area contributed by atoms with E-state index in [1.807, 2.05) is 0 Å². The van der Waals surface area contributed by atoms with Crippen LogP contribution in [0, 0.1) is 11.3 Å². The summed E-state index contributed by atoms with van der Waals surface area (Å²) in [4.78, 5) is 6.50. The lowest BCUT2D eigenvalue weighted by molar-refractivity contribution is 0.310. The second kappa shape index (κ2) is 7.03. The molecule has 118 valence electrons. The van der Waals surface area contributed by atoms with Crippen LogP contribution >= 0.6 is 0 Å². The van der Waals surface area contributed by atoms with Gasteiger partial charge in [-0.3, -0.25) is 0 Å². The van der Waals surface area contributed by atoms with Crippen molar-refractivity contribution in [3.63, 3.8) is 0 Å². The minimum absolute atomic E-state index is 0.0162. The van der Waals surface area contributed by atoms with E-state index in [-0.39, 0.29) is 12.3 Å². The molecule has 1 aliphatic heterocycles. The Balaban J connectivity index is 1.85. The smallest absolute Gasteiger partial charge is 0.244 e. The normalized spacial score (nSPS) is 13.8. The van der Waals surface area contributed by atoms with Gasteiger partial charge in [0.05, 0.1) is 6.61 Å². The fraction of sp³-hybridized carbons (Fsp3) is 0.375. The molecule has 1 aromatic heterocycles. The van der Waals surface area contributed by atoms with E-state index in [0.29, 0.717) is 18.3 Å². The van der Waals surface area contributed by atoms with Gasteiger partial charge in [-0.1, -0.05) is 24.3 Å². The molecule has 0 amide bonds. The number of hydrogen-bond donors (Lipinski definition) is 2. The average Bonchev–Trinajstić information content (AvgIpc) is 2.82. The molecule has 1 aromatic carbocycles. The molecule has 2 aromatic rings. The van der Waals surface area contributed by atoms with Crippen molar-refractivity contribution in [3.8, 4) is 6.07 Å². The van der Waals surface area contributed by atoms with Crippen LogP contribution in [0.3, 0.4) is 0 Å². The molecule has 0 aliphatic carbocycles. The standard InChI is InChI=1S/C16H18N6O/c17-11-14-15(19-16(21-20-14)18-7-10-23)22-8-5-12-3-1-2-4-13(12)6-9-22/h1-4,23H,5-10H2,(H,18,19,21). The Hall–Kier alpha value is -2.72. The number of benzene rings is 1. The van der Waals surface area contributed by atoms with Gasteiger partial charge in [0.25, 0.3) is 0 Å². The monoisotopic (exact) mass is 310 g/mol. The van der Waals surface area contributed by atoms with Crippen LogP contribution in [0.15, 0.2) is 24.3 Å². The lowest BCUT2D eigenvalue weighted by Crippen LogP contribution is -2.29. The van der Waals surface area contributed by atoms with Crippen molar-refractivity contribution in [1.82, 2.24) is 15.2 Å². The first-order valence-corrected chi connectivity index (χ1v) is 7.63. The Morgan fingerprint density at radius 1 is 1.17 bits per heavy atom. The molecular weight excluding hydrogens is 292 g/mol. The third kappa shape index (κ3) is 3.38. The van der Waals surface area contributed by atoms with Gasteiger partial charge in [0.2, 0.25) is 11.6 Å². The SMILES string of the molecule is N#Cc1nnc(NCCO)nc1N1CCc2ccccc2CC1.